The van der Waals surface area contributed by atoms with E-state index in [1.165, 1.54) is 44.1 Å². The molecular formula is C15H26N2S. The largest absolute Gasteiger partial charge is 0.311 e. The highest BCUT2D eigenvalue weighted by Gasteiger charge is 2.41. The van der Waals surface area contributed by atoms with Gasteiger partial charge in [0, 0.05) is 5.54 Å². The summed E-state index contributed by atoms with van der Waals surface area (Å²) in [5.41, 5.74) is 1.74. The van der Waals surface area contributed by atoms with Crippen LogP contribution in [0, 0.1) is 0 Å². The second-order valence-corrected chi connectivity index (χ2v) is 6.47. The van der Waals surface area contributed by atoms with E-state index in [1.807, 2.05) is 0 Å². The lowest BCUT2D eigenvalue weighted by atomic mass is 9.79. The highest BCUT2D eigenvalue weighted by Crippen LogP contribution is 2.41. The van der Waals surface area contributed by atoms with E-state index in [2.05, 4.69) is 48.2 Å². The molecule has 1 heterocycles. The van der Waals surface area contributed by atoms with Crippen LogP contribution in [0.5, 0.6) is 0 Å². The van der Waals surface area contributed by atoms with E-state index in [-0.39, 0.29) is 5.54 Å². The predicted molar refractivity (Wildman–Crippen MR) is 80.2 cm³/mol. The molecule has 0 radical (unpaired) electrons. The molecule has 1 N–H and O–H groups in total. The predicted octanol–water partition coefficient (Wildman–Crippen LogP) is 3.66. The molecule has 0 spiro atoms. The Kier molecular flexibility index (Phi) is 4.82. The molecule has 0 bridgehead atoms. The van der Waals surface area contributed by atoms with Gasteiger partial charge in [0.2, 0.25) is 0 Å². The van der Waals surface area contributed by atoms with E-state index in [1.54, 1.807) is 11.3 Å². The van der Waals surface area contributed by atoms with Crippen LogP contribution in [0.15, 0.2) is 16.8 Å². The summed E-state index contributed by atoms with van der Waals surface area (Å²) in [6, 6.07) is 2.74. The Hall–Kier alpha value is -0.380. The first-order chi connectivity index (χ1) is 8.70. The molecule has 1 atom stereocenters. The van der Waals surface area contributed by atoms with Crippen molar-refractivity contribution in [2.75, 3.05) is 21.1 Å². The fourth-order valence-electron chi connectivity index (χ4n) is 3.52. The molecule has 0 saturated heterocycles. The Bertz CT molecular complexity index is 337. The molecule has 1 aromatic rings. The first-order valence-corrected chi connectivity index (χ1v) is 8.02. The quantitative estimate of drug-likeness (QED) is 0.837. The van der Waals surface area contributed by atoms with E-state index in [4.69, 9.17) is 0 Å². The molecule has 1 fully saturated rings. The fourth-order valence-corrected chi connectivity index (χ4v) is 4.21. The van der Waals surface area contributed by atoms with Gasteiger partial charge in [0.05, 0.1) is 6.04 Å². The minimum atomic E-state index is 0.284. The lowest BCUT2D eigenvalue weighted by molar-refractivity contribution is 0.0836. The lowest BCUT2D eigenvalue weighted by Crippen LogP contribution is -2.52. The molecule has 1 aromatic heterocycles. The highest BCUT2D eigenvalue weighted by atomic mass is 32.1. The molecule has 0 amide bonds. The van der Waals surface area contributed by atoms with Crippen LogP contribution in [-0.2, 0) is 0 Å². The monoisotopic (exact) mass is 266 g/mol. The highest BCUT2D eigenvalue weighted by molar-refractivity contribution is 7.07. The summed E-state index contributed by atoms with van der Waals surface area (Å²) in [4.78, 5) is 2.47. The number of nitrogens with zero attached hydrogens (tertiary/aromatic N) is 1. The molecule has 1 saturated carbocycles. The van der Waals surface area contributed by atoms with Crippen molar-refractivity contribution in [1.29, 1.82) is 0 Å². The van der Waals surface area contributed by atoms with Crippen LogP contribution < -0.4 is 5.32 Å². The van der Waals surface area contributed by atoms with Crippen molar-refractivity contribution >= 4 is 11.3 Å². The van der Waals surface area contributed by atoms with Crippen LogP contribution >= 0.6 is 11.3 Å². The fraction of sp³-hybridized carbons (Fsp3) is 0.733. The number of rotatable bonds is 4. The van der Waals surface area contributed by atoms with Crippen molar-refractivity contribution in [2.45, 2.75) is 50.1 Å². The molecular weight excluding hydrogens is 240 g/mol. The second-order valence-electron chi connectivity index (χ2n) is 5.69. The van der Waals surface area contributed by atoms with Crippen LogP contribution in [0.4, 0.5) is 0 Å². The minimum absolute atomic E-state index is 0.284. The number of likely N-dealkylation sites (N-methyl/N-ethyl adjacent to an activating group) is 2. The number of thiophene rings is 1. The zero-order chi connectivity index (χ0) is 13.0. The molecule has 0 aliphatic heterocycles. The molecule has 102 valence electrons. The number of nitrogens with one attached hydrogen (secondary N) is 1. The van der Waals surface area contributed by atoms with Gasteiger partial charge in [-0.25, -0.2) is 0 Å². The molecule has 1 aliphatic rings. The van der Waals surface area contributed by atoms with Crippen LogP contribution in [0.25, 0.3) is 0 Å². The average molecular weight is 266 g/mol. The molecule has 1 aliphatic carbocycles. The van der Waals surface area contributed by atoms with Gasteiger partial charge in [0.25, 0.3) is 0 Å². The first kappa shape index (κ1) is 14.0. The molecule has 2 rings (SSSR count). The molecule has 18 heavy (non-hydrogen) atoms. The summed E-state index contributed by atoms with van der Waals surface area (Å²) < 4.78 is 0. The van der Waals surface area contributed by atoms with Crippen molar-refractivity contribution in [3.8, 4) is 0 Å². The van der Waals surface area contributed by atoms with E-state index in [0.717, 1.165) is 0 Å². The third kappa shape index (κ3) is 2.63. The smallest absolute Gasteiger partial charge is 0.0512 e. The van der Waals surface area contributed by atoms with Gasteiger partial charge in [-0.2, -0.15) is 11.3 Å². The van der Waals surface area contributed by atoms with Crippen molar-refractivity contribution in [2.24, 2.45) is 0 Å². The van der Waals surface area contributed by atoms with Gasteiger partial charge >= 0.3 is 0 Å². The normalized spacial score (nSPS) is 21.8. The zero-order valence-electron chi connectivity index (χ0n) is 11.9. The SMILES string of the molecule is CNC(c1ccsc1)C1(N(C)C)CCCCCC1. The van der Waals surface area contributed by atoms with Crippen molar-refractivity contribution < 1.29 is 0 Å². The maximum Gasteiger partial charge on any atom is 0.0512 e. The van der Waals surface area contributed by atoms with E-state index in [9.17, 15) is 0 Å². The van der Waals surface area contributed by atoms with Gasteiger partial charge in [-0.15, -0.1) is 0 Å². The third-order valence-electron chi connectivity index (χ3n) is 4.56. The summed E-state index contributed by atoms with van der Waals surface area (Å²) >= 11 is 1.80. The average Bonchev–Trinajstić information content (AvgIpc) is 2.75. The third-order valence-corrected chi connectivity index (χ3v) is 5.26. The van der Waals surface area contributed by atoms with Gasteiger partial charge in [-0.05, 0) is 56.4 Å². The molecule has 2 nitrogen and oxygen atoms in total. The van der Waals surface area contributed by atoms with Crippen LogP contribution in [-0.4, -0.2) is 31.6 Å². The standard InChI is InChI=1S/C15H26N2S/c1-16-14(13-8-11-18-12-13)15(17(2)3)9-6-4-5-7-10-15/h8,11-12,14,16H,4-7,9-10H2,1-3H3. The summed E-state index contributed by atoms with van der Waals surface area (Å²) in [6.07, 6.45) is 8.13. The maximum absolute atomic E-state index is 3.59. The van der Waals surface area contributed by atoms with Gasteiger partial charge in [0.1, 0.15) is 0 Å². The van der Waals surface area contributed by atoms with E-state index < -0.39 is 0 Å². The van der Waals surface area contributed by atoms with Gasteiger partial charge in [-0.1, -0.05) is 25.7 Å². The molecule has 1 unspecified atom stereocenters. The van der Waals surface area contributed by atoms with Gasteiger partial charge < -0.3 is 10.2 Å². The summed E-state index contributed by atoms with van der Waals surface area (Å²) in [5.74, 6) is 0. The van der Waals surface area contributed by atoms with Crippen molar-refractivity contribution in [3.05, 3.63) is 22.4 Å². The molecule has 3 heteroatoms. The molecule has 0 aromatic carbocycles. The zero-order valence-corrected chi connectivity index (χ0v) is 12.7. The van der Waals surface area contributed by atoms with Crippen molar-refractivity contribution in [3.63, 3.8) is 0 Å². The van der Waals surface area contributed by atoms with E-state index >= 15 is 0 Å². The van der Waals surface area contributed by atoms with Gasteiger partial charge in [-0.3, -0.25) is 0 Å². The van der Waals surface area contributed by atoms with Crippen LogP contribution in [0.1, 0.15) is 50.1 Å². The van der Waals surface area contributed by atoms with Gasteiger partial charge in [0.15, 0.2) is 0 Å². The first-order valence-electron chi connectivity index (χ1n) is 7.07. The van der Waals surface area contributed by atoms with Crippen molar-refractivity contribution in [1.82, 2.24) is 10.2 Å². The Morgan fingerprint density at radius 2 is 1.89 bits per heavy atom. The van der Waals surface area contributed by atoms with E-state index in [0.29, 0.717) is 6.04 Å². The maximum atomic E-state index is 3.59. The summed E-state index contributed by atoms with van der Waals surface area (Å²) in [7, 11) is 6.61. The van der Waals surface area contributed by atoms with Crippen LogP contribution in [0.2, 0.25) is 0 Å². The Morgan fingerprint density at radius 3 is 2.33 bits per heavy atom. The summed E-state index contributed by atoms with van der Waals surface area (Å²) in [6.45, 7) is 0. The minimum Gasteiger partial charge on any atom is -0.311 e. The second kappa shape index (κ2) is 6.18. The Morgan fingerprint density at radius 1 is 1.22 bits per heavy atom. The summed E-state index contributed by atoms with van der Waals surface area (Å²) in [5, 5.41) is 8.09. The van der Waals surface area contributed by atoms with Crippen LogP contribution in [0.3, 0.4) is 0 Å². The number of hydrogen-bond donors (Lipinski definition) is 1. The Labute approximate surface area is 115 Å². The lowest BCUT2D eigenvalue weighted by Gasteiger charge is -2.45. The topological polar surface area (TPSA) is 15.3 Å². The Balaban J connectivity index is 2.32. The number of hydrogen-bond acceptors (Lipinski definition) is 3.